The summed E-state index contributed by atoms with van der Waals surface area (Å²) in [5, 5.41) is 0. The third-order valence-corrected chi connectivity index (χ3v) is 6.15. The van der Waals surface area contributed by atoms with Gasteiger partial charge in [0, 0.05) is 97.8 Å². The Morgan fingerprint density at radius 1 is 0.875 bits per heavy atom. The van der Waals surface area contributed by atoms with Crippen LogP contribution in [0.15, 0.2) is 0 Å². The van der Waals surface area contributed by atoms with Crippen LogP contribution < -0.4 is 0 Å². The van der Waals surface area contributed by atoms with Crippen LogP contribution in [0.2, 0.25) is 0 Å². The van der Waals surface area contributed by atoms with Crippen LogP contribution in [-0.2, 0) is 4.74 Å². The molecule has 0 bridgehead atoms. The Morgan fingerprint density at radius 3 is 2.12 bits per heavy atom. The normalized spacial score (nSPS) is 28.1. The Morgan fingerprint density at radius 2 is 1.54 bits per heavy atom. The van der Waals surface area contributed by atoms with E-state index in [-0.39, 0.29) is 0 Å². The Balaban J connectivity index is 1.44. The lowest BCUT2D eigenvalue weighted by Crippen LogP contribution is -2.62. The first-order valence-corrected chi connectivity index (χ1v) is 9.72. The summed E-state index contributed by atoms with van der Waals surface area (Å²) in [6.45, 7) is 14.4. The van der Waals surface area contributed by atoms with Crippen LogP contribution in [0.3, 0.4) is 0 Å². The van der Waals surface area contributed by atoms with Crippen molar-refractivity contribution >= 4 is 0 Å². The Labute approximate surface area is 148 Å². The molecule has 3 heterocycles. The van der Waals surface area contributed by atoms with Crippen molar-refractivity contribution in [3.05, 3.63) is 0 Å². The van der Waals surface area contributed by atoms with Crippen molar-refractivity contribution in [2.75, 3.05) is 99.8 Å². The van der Waals surface area contributed by atoms with Crippen LogP contribution >= 0.6 is 0 Å². The highest BCUT2D eigenvalue weighted by atomic mass is 16.5. The van der Waals surface area contributed by atoms with Gasteiger partial charge in [0.05, 0.1) is 0 Å². The predicted octanol–water partition coefficient (Wildman–Crippen LogP) is -0.429. The number of rotatable bonds is 7. The number of likely N-dealkylation sites (tertiary alicyclic amines) is 1. The van der Waals surface area contributed by atoms with Crippen LogP contribution in [0.25, 0.3) is 0 Å². The Hall–Kier alpha value is -0.240. The number of hydrogen-bond acceptors (Lipinski definition) is 6. The van der Waals surface area contributed by atoms with Gasteiger partial charge in [0.1, 0.15) is 0 Å². The summed E-state index contributed by atoms with van der Waals surface area (Å²) in [5.41, 5.74) is 0. The monoisotopic (exact) mass is 339 g/mol. The van der Waals surface area contributed by atoms with Gasteiger partial charge >= 0.3 is 0 Å². The molecule has 24 heavy (non-hydrogen) atoms. The van der Waals surface area contributed by atoms with Crippen molar-refractivity contribution in [2.24, 2.45) is 0 Å². The molecule has 0 aromatic rings. The van der Waals surface area contributed by atoms with Gasteiger partial charge in [-0.05, 0) is 20.5 Å². The molecule has 0 saturated carbocycles. The van der Waals surface area contributed by atoms with Crippen LogP contribution in [0.1, 0.15) is 6.42 Å². The molecule has 3 aliphatic heterocycles. The van der Waals surface area contributed by atoms with Gasteiger partial charge in [0.2, 0.25) is 0 Å². The molecule has 6 heteroatoms. The second kappa shape index (κ2) is 8.92. The number of ether oxygens (including phenoxy) is 1. The van der Waals surface area contributed by atoms with Gasteiger partial charge in [0.15, 0.2) is 0 Å². The standard InChI is InChI=1S/C18H37N5O/c1-19-5-9-22(10-6-19)17(4-13-24-3)16-21-7-11-23(12-8-21)18-14-20(2)15-18/h17-18H,4-16H2,1-3H3. The summed E-state index contributed by atoms with van der Waals surface area (Å²) in [6.07, 6.45) is 1.16. The number of nitrogens with zero attached hydrogens (tertiary/aromatic N) is 5. The molecule has 0 aromatic heterocycles. The smallest absolute Gasteiger partial charge is 0.0477 e. The van der Waals surface area contributed by atoms with E-state index < -0.39 is 0 Å². The van der Waals surface area contributed by atoms with Crippen molar-refractivity contribution in [3.8, 4) is 0 Å². The van der Waals surface area contributed by atoms with Gasteiger partial charge in [-0.2, -0.15) is 0 Å². The predicted molar refractivity (Wildman–Crippen MR) is 98.6 cm³/mol. The highest BCUT2D eigenvalue weighted by Gasteiger charge is 2.32. The third kappa shape index (κ3) is 4.90. The van der Waals surface area contributed by atoms with E-state index >= 15 is 0 Å². The van der Waals surface area contributed by atoms with E-state index in [1.807, 2.05) is 7.11 Å². The number of hydrogen-bond donors (Lipinski definition) is 0. The zero-order valence-electron chi connectivity index (χ0n) is 16.0. The van der Waals surface area contributed by atoms with E-state index in [2.05, 4.69) is 38.6 Å². The van der Waals surface area contributed by atoms with Gasteiger partial charge in [0.25, 0.3) is 0 Å². The second-order valence-corrected chi connectivity index (χ2v) is 7.99. The first-order chi connectivity index (χ1) is 11.7. The molecule has 3 rings (SSSR count). The molecule has 1 atom stereocenters. The average molecular weight is 340 g/mol. The molecule has 0 aromatic carbocycles. The molecule has 0 radical (unpaired) electrons. The van der Waals surface area contributed by atoms with Gasteiger partial charge in [-0.3, -0.25) is 14.7 Å². The average Bonchev–Trinajstić information content (AvgIpc) is 2.57. The fourth-order valence-corrected chi connectivity index (χ4v) is 4.34. The fraction of sp³-hybridized carbons (Fsp3) is 1.00. The molecule has 0 amide bonds. The zero-order chi connectivity index (χ0) is 16.9. The molecule has 3 saturated heterocycles. The van der Waals surface area contributed by atoms with Crippen molar-refractivity contribution in [2.45, 2.75) is 18.5 Å². The van der Waals surface area contributed by atoms with E-state index in [0.717, 1.165) is 19.1 Å². The van der Waals surface area contributed by atoms with Crippen LogP contribution in [0, 0.1) is 0 Å². The summed E-state index contributed by atoms with van der Waals surface area (Å²) in [7, 11) is 6.29. The minimum Gasteiger partial charge on any atom is -0.385 e. The first kappa shape index (κ1) is 18.5. The van der Waals surface area contributed by atoms with Crippen molar-refractivity contribution in [1.82, 2.24) is 24.5 Å². The molecule has 0 N–H and O–H groups in total. The summed E-state index contributed by atoms with van der Waals surface area (Å²) in [4.78, 5) is 13.0. The van der Waals surface area contributed by atoms with E-state index in [1.165, 1.54) is 72.0 Å². The molecule has 3 aliphatic rings. The molecule has 140 valence electrons. The van der Waals surface area contributed by atoms with Crippen LogP contribution in [0.4, 0.5) is 0 Å². The Kier molecular flexibility index (Phi) is 6.89. The van der Waals surface area contributed by atoms with Crippen molar-refractivity contribution in [1.29, 1.82) is 0 Å². The summed E-state index contributed by atoms with van der Waals surface area (Å²) >= 11 is 0. The van der Waals surface area contributed by atoms with E-state index in [4.69, 9.17) is 4.74 Å². The molecule has 3 fully saturated rings. The summed E-state index contributed by atoms with van der Waals surface area (Å²) in [6, 6.07) is 1.47. The van der Waals surface area contributed by atoms with Crippen LogP contribution in [-0.4, -0.2) is 136 Å². The molecule has 0 spiro atoms. The van der Waals surface area contributed by atoms with Crippen LogP contribution in [0.5, 0.6) is 0 Å². The quantitative estimate of drug-likeness (QED) is 0.624. The second-order valence-electron chi connectivity index (χ2n) is 7.99. The fourth-order valence-electron chi connectivity index (χ4n) is 4.34. The highest BCUT2D eigenvalue weighted by Crippen LogP contribution is 2.17. The molecule has 1 unspecified atom stereocenters. The van der Waals surface area contributed by atoms with Gasteiger partial charge in [-0.15, -0.1) is 0 Å². The third-order valence-electron chi connectivity index (χ3n) is 6.15. The number of methoxy groups -OCH3 is 1. The summed E-state index contributed by atoms with van der Waals surface area (Å²) < 4.78 is 5.39. The lowest BCUT2D eigenvalue weighted by Gasteiger charge is -2.48. The maximum absolute atomic E-state index is 5.39. The number of piperazine rings is 2. The lowest BCUT2D eigenvalue weighted by molar-refractivity contribution is 0.00493. The minimum absolute atomic E-state index is 0.653. The van der Waals surface area contributed by atoms with Crippen molar-refractivity contribution < 1.29 is 4.74 Å². The van der Waals surface area contributed by atoms with Gasteiger partial charge < -0.3 is 14.5 Å². The van der Waals surface area contributed by atoms with Gasteiger partial charge in [-0.25, -0.2) is 0 Å². The molecule has 6 nitrogen and oxygen atoms in total. The maximum Gasteiger partial charge on any atom is 0.0477 e. The molecular weight excluding hydrogens is 302 g/mol. The topological polar surface area (TPSA) is 25.4 Å². The highest BCUT2D eigenvalue weighted by molar-refractivity contribution is 4.89. The zero-order valence-corrected chi connectivity index (χ0v) is 16.0. The minimum atomic E-state index is 0.653. The SMILES string of the molecule is COCCC(CN1CCN(C2CN(C)C2)CC1)N1CCN(C)CC1. The first-order valence-electron chi connectivity index (χ1n) is 9.72. The Bertz CT molecular complexity index is 360. The van der Waals surface area contributed by atoms with Gasteiger partial charge in [-0.1, -0.05) is 0 Å². The molecule has 0 aliphatic carbocycles. The number of likely N-dealkylation sites (N-methyl/N-ethyl adjacent to an activating group) is 2. The lowest BCUT2D eigenvalue weighted by atomic mass is 10.1. The maximum atomic E-state index is 5.39. The largest absolute Gasteiger partial charge is 0.385 e. The molecular formula is C18H37N5O. The van der Waals surface area contributed by atoms with E-state index in [1.54, 1.807) is 0 Å². The van der Waals surface area contributed by atoms with E-state index in [0.29, 0.717) is 6.04 Å². The summed E-state index contributed by atoms with van der Waals surface area (Å²) in [5.74, 6) is 0. The van der Waals surface area contributed by atoms with E-state index in [9.17, 15) is 0 Å². The van der Waals surface area contributed by atoms with Crippen molar-refractivity contribution in [3.63, 3.8) is 0 Å².